The standard InChI is InChI=1S/C33H51NO6/c1-11-19-16-21-20(27(4,5)25(19)38)12-15-28(6)29(7)18-24(37)33(34,30(29,8)17-23(36)31(21,28)9)32(10,40)22(35)13-14-26(2,3)39/h12-14,19,21,24,37,39-40H,11,15-18,34H2,1-10H3. The fraction of sp³-hybridized carbons (Fsp3) is 0.788. The lowest BCUT2D eigenvalue weighted by Gasteiger charge is -2.71. The number of aliphatic hydroxyl groups is 3. The van der Waals surface area contributed by atoms with Crippen molar-refractivity contribution in [2.45, 2.75) is 124 Å². The van der Waals surface area contributed by atoms with Crippen molar-refractivity contribution in [3.8, 4) is 0 Å². The number of allylic oxidation sites excluding steroid dienone is 2. The number of Topliss-reactive ketones (excluding diaryl/α,β-unsaturated/α-hetero) is 2. The molecule has 4 aliphatic rings. The predicted molar refractivity (Wildman–Crippen MR) is 154 cm³/mol. The summed E-state index contributed by atoms with van der Waals surface area (Å²) < 4.78 is 0. The van der Waals surface area contributed by atoms with Gasteiger partial charge < -0.3 is 21.1 Å². The van der Waals surface area contributed by atoms with Crippen LogP contribution in [-0.4, -0.2) is 55.5 Å². The van der Waals surface area contributed by atoms with Crippen LogP contribution in [0.4, 0.5) is 0 Å². The Morgan fingerprint density at radius 3 is 2.15 bits per heavy atom. The SMILES string of the molecule is CCC1CC2C(=CCC3(C)C2(C)C(=O)CC2(C)C3(C)CC(O)C2(N)C(C)(O)C(=O)C=CC(C)(C)O)C(C)(C)C1=O. The van der Waals surface area contributed by atoms with E-state index in [1.807, 2.05) is 27.7 Å². The number of hydrogen-bond donors (Lipinski definition) is 4. The van der Waals surface area contributed by atoms with Gasteiger partial charge in [-0.3, -0.25) is 14.4 Å². The Morgan fingerprint density at radius 2 is 1.62 bits per heavy atom. The molecule has 0 saturated heterocycles. The number of hydrogen-bond acceptors (Lipinski definition) is 7. The molecule has 0 aromatic carbocycles. The van der Waals surface area contributed by atoms with Gasteiger partial charge in [-0.05, 0) is 83.1 Å². The summed E-state index contributed by atoms with van der Waals surface area (Å²) in [5, 5.41) is 33.8. The van der Waals surface area contributed by atoms with Crippen molar-refractivity contribution in [1.82, 2.24) is 0 Å². The van der Waals surface area contributed by atoms with E-state index in [-0.39, 0.29) is 36.2 Å². The quantitative estimate of drug-likeness (QED) is 0.295. The fourth-order valence-corrected chi connectivity index (χ4v) is 9.90. The maximum Gasteiger partial charge on any atom is 0.188 e. The van der Waals surface area contributed by atoms with Crippen LogP contribution in [0.5, 0.6) is 0 Å². The van der Waals surface area contributed by atoms with Crippen molar-refractivity contribution in [1.29, 1.82) is 0 Å². The Morgan fingerprint density at radius 1 is 1.05 bits per heavy atom. The van der Waals surface area contributed by atoms with Crippen LogP contribution in [0, 0.1) is 38.9 Å². The maximum atomic E-state index is 14.7. The molecule has 9 atom stereocenters. The highest BCUT2D eigenvalue weighted by Gasteiger charge is 2.82. The lowest BCUT2D eigenvalue weighted by Crippen LogP contribution is -2.78. The van der Waals surface area contributed by atoms with Gasteiger partial charge >= 0.3 is 0 Å². The van der Waals surface area contributed by atoms with Crippen LogP contribution < -0.4 is 5.73 Å². The molecule has 4 aliphatic carbocycles. The molecule has 0 spiro atoms. The summed E-state index contributed by atoms with van der Waals surface area (Å²) >= 11 is 0. The first-order chi connectivity index (χ1) is 17.9. The summed E-state index contributed by atoms with van der Waals surface area (Å²) in [6.07, 6.45) is 5.39. The van der Waals surface area contributed by atoms with Crippen molar-refractivity contribution in [2.24, 2.45) is 44.6 Å². The first kappa shape index (κ1) is 31.3. The highest BCUT2D eigenvalue weighted by atomic mass is 16.3. The summed E-state index contributed by atoms with van der Waals surface area (Å²) in [5.41, 5.74) is -1.24. The van der Waals surface area contributed by atoms with Crippen LogP contribution in [0.2, 0.25) is 0 Å². The van der Waals surface area contributed by atoms with E-state index in [2.05, 4.69) is 26.8 Å². The zero-order valence-electron chi connectivity index (χ0n) is 26.1. The van der Waals surface area contributed by atoms with E-state index in [0.29, 0.717) is 12.8 Å². The third kappa shape index (κ3) is 3.41. The minimum absolute atomic E-state index is 0.00324. The number of nitrogens with two attached hydrogens (primary N) is 1. The Hall–Kier alpha value is -1.67. The molecule has 5 N–H and O–H groups in total. The smallest absolute Gasteiger partial charge is 0.188 e. The zero-order chi connectivity index (χ0) is 30.7. The summed E-state index contributed by atoms with van der Waals surface area (Å²) in [6.45, 7) is 18.4. The lowest BCUT2D eigenvalue weighted by atomic mass is 9.32. The van der Waals surface area contributed by atoms with Crippen LogP contribution >= 0.6 is 0 Å². The first-order valence-electron chi connectivity index (χ1n) is 14.9. The lowest BCUT2D eigenvalue weighted by molar-refractivity contribution is -0.213. The second-order valence-electron chi connectivity index (χ2n) is 15.6. The van der Waals surface area contributed by atoms with E-state index in [1.54, 1.807) is 0 Å². The third-order valence-corrected chi connectivity index (χ3v) is 13.2. The molecule has 0 aliphatic heterocycles. The summed E-state index contributed by atoms with van der Waals surface area (Å²) in [6, 6.07) is 0. The first-order valence-corrected chi connectivity index (χ1v) is 14.9. The summed E-state index contributed by atoms with van der Waals surface area (Å²) in [4.78, 5) is 41.6. The number of carbonyl (C=O) groups is 3. The molecule has 4 rings (SSSR count). The van der Waals surface area contributed by atoms with Crippen molar-refractivity contribution in [3.05, 3.63) is 23.8 Å². The molecule has 0 bridgehead atoms. The maximum absolute atomic E-state index is 14.7. The summed E-state index contributed by atoms with van der Waals surface area (Å²) in [7, 11) is 0. The van der Waals surface area contributed by atoms with Crippen LogP contribution in [-0.2, 0) is 14.4 Å². The highest BCUT2D eigenvalue weighted by molar-refractivity contribution is 5.99. The average Bonchev–Trinajstić information content (AvgIpc) is 3.00. The van der Waals surface area contributed by atoms with Crippen LogP contribution in [0.25, 0.3) is 0 Å². The van der Waals surface area contributed by atoms with E-state index >= 15 is 0 Å². The van der Waals surface area contributed by atoms with Gasteiger partial charge in [0.15, 0.2) is 5.78 Å². The van der Waals surface area contributed by atoms with Crippen molar-refractivity contribution < 1.29 is 29.7 Å². The average molecular weight is 558 g/mol. The molecule has 0 radical (unpaired) electrons. The molecule has 0 aromatic rings. The van der Waals surface area contributed by atoms with E-state index < -0.39 is 55.7 Å². The van der Waals surface area contributed by atoms with Gasteiger partial charge in [0.1, 0.15) is 17.2 Å². The molecule has 0 heterocycles. The minimum atomic E-state index is -2.22. The number of rotatable bonds is 5. The molecule has 9 unspecified atom stereocenters. The second kappa shape index (κ2) is 8.68. The van der Waals surface area contributed by atoms with Crippen LogP contribution in [0.3, 0.4) is 0 Å². The molecule has 3 fully saturated rings. The van der Waals surface area contributed by atoms with Gasteiger partial charge in [-0.1, -0.05) is 52.3 Å². The van der Waals surface area contributed by atoms with Crippen molar-refractivity contribution in [3.63, 3.8) is 0 Å². The Bertz CT molecular complexity index is 1210. The topological polar surface area (TPSA) is 138 Å². The zero-order valence-corrected chi connectivity index (χ0v) is 26.1. The van der Waals surface area contributed by atoms with Gasteiger partial charge in [-0.15, -0.1) is 0 Å². The highest BCUT2D eigenvalue weighted by Crippen LogP contribution is 2.79. The van der Waals surface area contributed by atoms with Crippen LogP contribution in [0.15, 0.2) is 23.8 Å². The van der Waals surface area contributed by atoms with Gasteiger partial charge in [0.25, 0.3) is 0 Å². The second-order valence-corrected chi connectivity index (χ2v) is 15.6. The number of carbonyl (C=O) groups excluding carboxylic acids is 3. The predicted octanol–water partition coefficient (Wildman–Crippen LogP) is 4.07. The Labute approximate surface area is 239 Å². The molecular weight excluding hydrogens is 506 g/mol. The largest absolute Gasteiger partial charge is 0.391 e. The van der Waals surface area contributed by atoms with Gasteiger partial charge in [0, 0.05) is 28.6 Å². The van der Waals surface area contributed by atoms with Gasteiger partial charge in [-0.2, -0.15) is 0 Å². The minimum Gasteiger partial charge on any atom is -0.391 e. The molecule has 7 nitrogen and oxygen atoms in total. The van der Waals surface area contributed by atoms with E-state index in [1.165, 1.54) is 26.8 Å². The van der Waals surface area contributed by atoms with Gasteiger partial charge in [0.2, 0.25) is 0 Å². The molecule has 0 amide bonds. The number of ketones is 3. The molecule has 3 saturated carbocycles. The van der Waals surface area contributed by atoms with E-state index in [0.717, 1.165) is 18.1 Å². The number of aliphatic hydroxyl groups excluding tert-OH is 1. The van der Waals surface area contributed by atoms with Crippen molar-refractivity contribution >= 4 is 17.3 Å². The van der Waals surface area contributed by atoms with Crippen LogP contribution in [0.1, 0.15) is 101 Å². The van der Waals surface area contributed by atoms with Gasteiger partial charge in [-0.25, -0.2) is 0 Å². The molecular formula is C33H51NO6. The molecule has 0 aromatic heterocycles. The third-order valence-electron chi connectivity index (χ3n) is 13.2. The van der Waals surface area contributed by atoms with Crippen molar-refractivity contribution in [2.75, 3.05) is 0 Å². The summed E-state index contributed by atoms with van der Waals surface area (Å²) in [5.74, 6) is -0.745. The molecule has 224 valence electrons. The normalized spacial score (nSPS) is 46.4. The number of fused-ring (bicyclic) bond motifs is 5. The van der Waals surface area contributed by atoms with E-state index in [9.17, 15) is 29.7 Å². The molecule has 7 heteroatoms. The Balaban J connectivity index is 1.91. The molecule has 40 heavy (non-hydrogen) atoms. The van der Waals surface area contributed by atoms with E-state index in [4.69, 9.17) is 5.73 Å². The fourth-order valence-electron chi connectivity index (χ4n) is 9.90. The van der Waals surface area contributed by atoms with Gasteiger partial charge in [0.05, 0.1) is 17.2 Å². The Kier molecular flexibility index (Phi) is 6.79. The monoisotopic (exact) mass is 557 g/mol.